The first kappa shape index (κ1) is 10.4. The molecular formula is C10H18O. The molecule has 0 radical (unpaired) electrons. The monoisotopic (exact) mass is 154 g/mol. The van der Waals surface area contributed by atoms with Crippen LogP contribution in [-0.4, -0.2) is 13.2 Å². The number of unbranched alkanes of at least 4 members (excludes halogenated alkanes) is 2. The Bertz CT molecular complexity index is 105. The van der Waals surface area contributed by atoms with Crippen molar-refractivity contribution in [2.24, 2.45) is 0 Å². The molecule has 0 saturated carbocycles. The molecule has 0 aliphatic carbocycles. The molecule has 0 unspecified atom stereocenters. The predicted molar refractivity (Wildman–Crippen MR) is 49.7 cm³/mol. The van der Waals surface area contributed by atoms with Gasteiger partial charge in [0.15, 0.2) is 0 Å². The minimum Gasteiger partial charge on any atom is -0.382 e. The van der Waals surface area contributed by atoms with Crippen molar-refractivity contribution in [3.05, 3.63) is 24.8 Å². The topological polar surface area (TPSA) is 9.23 Å². The Hall–Kier alpha value is -0.560. The molecule has 1 nitrogen and oxygen atoms in total. The van der Waals surface area contributed by atoms with E-state index in [4.69, 9.17) is 4.74 Å². The fourth-order valence-corrected chi connectivity index (χ4v) is 0.803. The van der Waals surface area contributed by atoms with E-state index >= 15 is 0 Å². The van der Waals surface area contributed by atoms with E-state index in [1.807, 2.05) is 19.1 Å². The molecule has 0 fully saturated rings. The van der Waals surface area contributed by atoms with Crippen LogP contribution in [0.4, 0.5) is 0 Å². The second-order valence-electron chi connectivity index (χ2n) is 2.36. The lowest BCUT2D eigenvalue weighted by Gasteiger charge is -1.97. The first-order chi connectivity index (χ1) is 5.41. The Kier molecular flexibility index (Phi) is 8.96. The van der Waals surface area contributed by atoms with Gasteiger partial charge in [-0.25, -0.2) is 0 Å². The molecular weight excluding hydrogens is 136 g/mol. The summed E-state index contributed by atoms with van der Waals surface area (Å²) in [6.45, 7) is 7.36. The molecule has 64 valence electrons. The van der Waals surface area contributed by atoms with Gasteiger partial charge < -0.3 is 4.74 Å². The molecule has 0 rings (SSSR count). The number of hydrogen-bond acceptors (Lipinski definition) is 1. The normalized spacial score (nSPS) is 10.6. The average molecular weight is 154 g/mol. The average Bonchev–Trinajstić information content (AvgIpc) is 2.03. The van der Waals surface area contributed by atoms with E-state index in [0.29, 0.717) is 0 Å². The highest BCUT2D eigenvalue weighted by Gasteiger charge is 1.84. The maximum atomic E-state index is 5.20. The molecule has 0 aliphatic heterocycles. The Morgan fingerprint density at radius 1 is 1.36 bits per heavy atom. The molecule has 0 saturated heterocycles. The lowest BCUT2D eigenvalue weighted by Crippen LogP contribution is -1.92. The number of allylic oxidation sites excluding steroid dienone is 3. The van der Waals surface area contributed by atoms with Crippen molar-refractivity contribution in [2.45, 2.75) is 26.2 Å². The summed E-state index contributed by atoms with van der Waals surface area (Å²) in [5.41, 5.74) is 0. The van der Waals surface area contributed by atoms with Gasteiger partial charge in [-0.05, 0) is 26.2 Å². The lowest BCUT2D eigenvalue weighted by molar-refractivity contribution is 0.143. The summed E-state index contributed by atoms with van der Waals surface area (Å²) in [7, 11) is 0. The van der Waals surface area contributed by atoms with Crippen LogP contribution in [0.2, 0.25) is 0 Å². The second kappa shape index (κ2) is 9.44. The lowest BCUT2D eigenvalue weighted by atomic mass is 10.2. The third kappa shape index (κ3) is 9.44. The Morgan fingerprint density at radius 2 is 2.18 bits per heavy atom. The van der Waals surface area contributed by atoms with E-state index in [2.05, 4.69) is 12.7 Å². The number of ether oxygens (including phenoxy) is 1. The molecule has 0 atom stereocenters. The zero-order valence-electron chi connectivity index (χ0n) is 7.38. The standard InChI is InChI=1S/C10H18O/c1-3-5-6-7-8-9-10-11-4-2/h3,5-6H,1,4,7-10H2,2H3. The SMILES string of the molecule is C=CC=CCCCCOCC. The van der Waals surface area contributed by atoms with E-state index in [0.717, 1.165) is 26.1 Å². The first-order valence-corrected chi connectivity index (χ1v) is 4.27. The largest absolute Gasteiger partial charge is 0.382 e. The fourth-order valence-electron chi connectivity index (χ4n) is 0.803. The first-order valence-electron chi connectivity index (χ1n) is 4.27. The zero-order chi connectivity index (χ0) is 8.36. The van der Waals surface area contributed by atoms with Gasteiger partial charge in [0.25, 0.3) is 0 Å². The van der Waals surface area contributed by atoms with E-state index < -0.39 is 0 Å². The molecule has 0 heterocycles. The summed E-state index contributed by atoms with van der Waals surface area (Å²) >= 11 is 0. The van der Waals surface area contributed by atoms with Crippen LogP contribution in [0.25, 0.3) is 0 Å². The van der Waals surface area contributed by atoms with Gasteiger partial charge in [0, 0.05) is 13.2 Å². The summed E-state index contributed by atoms with van der Waals surface area (Å²) in [6.07, 6.45) is 9.45. The van der Waals surface area contributed by atoms with Gasteiger partial charge in [-0.15, -0.1) is 0 Å². The van der Waals surface area contributed by atoms with Crippen molar-refractivity contribution in [2.75, 3.05) is 13.2 Å². The van der Waals surface area contributed by atoms with Crippen molar-refractivity contribution in [3.8, 4) is 0 Å². The van der Waals surface area contributed by atoms with Crippen LogP contribution in [0.15, 0.2) is 24.8 Å². The van der Waals surface area contributed by atoms with Gasteiger partial charge in [-0.1, -0.05) is 24.8 Å². The van der Waals surface area contributed by atoms with Crippen molar-refractivity contribution < 1.29 is 4.74 Å². The number of rotatable bonds is 7. The van der Waals surface area contributed by atoms with Crippen molar-refractivity contribution in [1.82, 2.24) is 0 Å². The third-order valence-corrected chi connectivity index (χ3v) is 1.39. The predicted octanol–water partition coefficient (Wildman–Crippen LogP) is 2.94. The molecule has 0 spiro atoms. The molecule has 0 aromatic rings. The molecule has 0 aromatic carbocycles. The number of hydrogen-bond donors (Lipinski definition) is 0. The van der Waals surface area contributed by atoms with Gasteiger partial charge in [-0.3, -0.25) is 0 Å². The van der Waals surface area contributed by atoms with Crippen LogP contribution in [0.1, 0.15) is 26.2 Å². The molecule has 0 aliphatic rings. The van der Waals surface area contributed by atoms with Crippen LogP contribution in [0, 0.1) is 0 Å². The van der Waals surface area contributed by atoms with Crippen LogP contribution in [0.5, 0.6) is 0 Å². The smallest absolute Gasteiger partial charge is 0.0466 e. The highest BCUT2D eigenvalue weighted by Crippen LogP contribution is 1.96. The molecule has 0 amide bonds. The van der Waals surface area contributed by atoms with Crippen molar-refractivity contribution >= 4 is 0 Å². The van der Waals surface area contributed by atoms with Gasteiger partial charge in [0.1, 0.15) is 0 Å². The summed E-state index contributed by atoms with van der Waals surface area (Å²) in [5.74, 6) is 0. The van der Waals surface area contributed by atoms with Gasteiger partial charge in [-0.2, -0.15) is 0 Å². The maximum Gasteiger partial charge on any atom is 0.0466 e. The summed E-state index contributed by atoms with van der Waals surface area (Å²) < 4.78 is 5.20. The molecule has 0 bridgehead atoms. The summed E-state index contributed by atoms with van der Waals surface area (Å²) in [6, 6.07) is 0. The molecule has 0 N–H and O–H groups in total. The summed E-state index contributed by atoms with van der Waals surface area (Å²) in [5, 5.41) is 0. The van der Waals surface area contributed by atoms with Crippen molar-refractivity contribution in [1.29, 1.82) is 0 Å². The van der Waals surface area contributed by atoms with Crippen molar-refractivity contribution in [3.63, 3.8) is 0 Å². The highest BCUT2D eigenvalue weighted by atomic mass is 16.5. The molecule has 0 aromatic heterocycles. The van der Waals surface area contributed by atoms with E-state index in [1.165, 1.54) is 6.42 Å². The van der Waals surface area contributed by atoms with Crippen LogP contribution < -0.4 is 0 Å². The van der Waals surface area contributed by atoms with Crippen LogP contribution in [0.3, 0.4) is 0 Å². The summed E-state index contributed by atoms with van der Waals surface area (Å²) in [4.78, 5) is 0. The molecule has 1 heteroatoms. The Labute approximate surface area is 69.8 Å². The zero-order valence-corrected chi connectivity index (χ0v) is 7.38. The minimum atomic E-state index is 0.836. The second-order valence-corrected chi connectivity index (χ2v) is 2.36. The van der Waals surface area contributed by atoms with Crippen LogP contribution >= 0.6 is 0 Å². The van der Waals surface area contributed by atoms with Crippen LogP contribution in [-0.2, 0) is 4.74 Å². The van der Waals surface area contributed by atoms with Gasteiger partial charge in [0.05, 0.1) is 0 Å². The van der Waals surface area contributed by atoms with Gasteiger partial charge in [0.2, 0.25) is 0 Å². The fraction of sp³-hybridized carbons (Fsp3) is 0.600. The van der Waals surface area contributed by atoms with Gasteiger partial charge >= 0.3 is 0 Å². The quantitative estimate of drug-likeness (QED) is 0.404. The van der Waals surface area contributed by atoms with E-state index in [-0.39, 0.29) is 0 Å². The highest BCUT2D eigenvalue weighted by molar-refractivity contribution is 4.96. The molecule has 11 heavy (non-hydrogen) atoms. The minimum absolute atomic E-state index is 0.836. The third-order valence-electron chi connectivity index (χ3n) is 1.39. The Balaban J connectivity index is 2.90. The van der Waals surface area contributed by atoms with E-state index in [1.54, 1.807) is 0 Å². The Morgan fingerprint density at radius 3 is 2.82 bits per heavy atom. The maximum absolute atomic E-state index is 5.20. The van der Waals surface area contributed by atoms with E-state index in [9.17, 15) is 0 Å².